The minimum atomic E-state index is -3.22. The molecule has 0 unspecified atom stereocenters. The van der Waals surface area contributed by atoms with Crippen LogP contribution in [0.3, 0.4) is 0 Å². The maximum absolute atomic E-state index is 12.7. The van der Waals surface area contributed by atoms with Crippen LogP contribution in [0, 0.1) is 11.3 Å². The van der Waals surface area contributed by atoms with Gasteiger partial charge in [0.2, 0.25) is 10.0 Å². The number of amides is 1. The van der Waals surface area contributed by atoms with Crippen molar-refractivity contribution in [2.45, 2.75) is 25.7 Å². The second-order valence-corrected chi connectivity index (χ2v) is 9.92. The van der Waals surface area contributed by atoms with Crippen LogP contribution in [0.15, 0.2) is 12.1 Å². The summed E-state index contributed by atoms with van der Waals surface area (Å²) in [6.45, 7) is 1.09. The van der Waals surface area contributed by atoms with Gasteiger partial charge in [0.15, 0.2) is 0 Å². The number of nitrogens with one attached hydrogen (secondary N) is 1. The molecule has 1 saturated heterocycles. The fourth-order valence-electron chi connectivity index (χ4n) is 3.94. The molecule has 1 aromatic heterocycles. The van der Waals surface area contributed by atoms with E-state index in [2.05, 4.69) is 4.72 Å². The van der Waals surface area contributed by atoms with Crippen molar-refractivity contribution in [3.63, 3.8) is 0 Å². The van der Waals surface area contributed by atoms with Crippen molar-refractivity contribution in [1.29, 1.82) is 0 Å². The summed E-state index contributed by atoms with van der Waals surface area (Å²) >= 11 is 1.34. The lowest BCUT2D eigenvalue weighted by atomic mass is 9.81. The third kappa shape index (κ3) is 3.73. The molecule has 0 spiro atoms. The molecule has 1 amide bonds. The zero-order valence-corrected chi connectivity index (χ0v) is 15.7. The van der Waals surface area contributed by atoms with E-state index >= 15 is 0 Å². The quantitative estimate of drug-likeness (QED) is 0.764. The van der Waals surface area contributed by atoms with Crippen LogP contribution in [0.4, 0.5) is 0 Å². The largest absolute Gasteiger partial charge is 0.481 e. The molecule has 1 saturated carbocycles. The normalized spacial score (nSPS) is 26.0. The van der Waals surface area contributed by atoms with Crippen LogP contribution in [0.5, 0.6) is 0 Å². The van der Waals surface area contributed by atoms with Gasteiger partial charge in [-0.25, -0.2) is 13.1 Å². The number of nitrogens with zero attached hydrogens (tertiary/aromatic N) is 1. The number of carbonyl (C=O) groups excluding carboxylic acids is 1. The number of hydrogen-bond donors (Lipinski definition) is 2. The van der Waals surface area contributed by atoms with Gasteiger partial charge >= 0.3 is 5.97 Å². The van der Waals surface area contributed by atoms with Gasteiger partial charge in [0.05, 0.1) is 16.5 Å². The Hall–Kier alpha value is -1.45. The summed E-state index contributed by atoms with van der Waals surface area (Å²) < 4.78 is 24.6. The highest BCUT2D eigenvalue weighted by molar-refractivity contribution is 7.88. The molecule has 9 heteroatoms. The average molecular weight is 386 g/mol. The Morgan fingerprint density at radius 1 is 1.44 bits per heavy atom. The third-order valence-electron chi connectivity index (χ3n) is 5.19. The highest BCUT2D eigenvalue weighted by Gasteiger charge is 2.55. The lowest BCUT2D eigenvalue weighted by Gasteiger charge is -2.23. The molecule has 2 heterocycles. The van der Waals surface area contributed by atoms with Gasteiger partial charge in [0, 0.05) is 24.5 Å². The van der Waals surface area contributed by atoms with Crippen LogP contribution in [0.25, 0.3) is 0 Å². The molecule has 2 fully saturated rings. The Bertz CT molecular complexity index is 788. The van der Waals surface area contributed by atoms with Crippen LogP contribution in [0.1, 0.15) is 33.8 Å². The van der Waals surface area contributed by atoms with Crippen molar-refractivity contribution in [3.8, 4) is 0 Å². The van der Waals surface area contributed by atoms with E-state index in [-0.39, 0.29) is 18.4 Å². The topological polar surface area (TPSA) is 104 Å². The molecule has 2 N–H and O–H groups in total. The van der Waals surface area contributed by atoms with Crippen LogP contribution >= 0.6 is 11.3 Å². The Kier molecular flexibility index (Phi) is 4.91. The van der Waals surface area contributed by atoms with Crippen molar-refractivity contribution >= 4 is 33.2 Å². The fraction of sp³-hybridized carbons (Fsp3) is 0.625. The summed E-state index contributed by atoms with van der Waals surface area (Å²) in [4.78, 5) is 27.6. The predicted octanol–water partition coefficient (Wildman–Crippen LogP) is 1.17. The Morgan fingerprint density at radius 2 is 2.20 bits per heavy atom. The highest BCUT2D eigenvalue weighted by Crippen LogP contribution is 2.49. The standard InChI is InChI=1S/C16H22N2O5S2/c1-25(22,23)17-8-6-12-4-5-13(24-12)14(19)18-9-11-3-2-7-16(11,10-18)15(20)21/h4-5,11,17H,2-3,6-10H2,1H3,(H,20,21)/t11-,16+/m0/s1. The number of carboxylic acid groups (broad SMARTS) is 1. The van der Waals surface area contributed by atoms with E-state index in [1.165, 1.54) is 11.3 Å². The zero-order chi connectivity index (χ0) is 18.2. The molecule has 7 nitrogen and oxygen atoms in total. The van der Waals surface area contributed by atoms with E-state index in [1.54, 1.807) is 11.0 Å². The number of aliphatic carboxylic acids is 1. The Morgan fingerprint density at radius 3 is 2.84 bits per heavy atom. The number of sulfonamides is 1. The maximum Gasteiger partial charge on any atom is 0.311 e. The van der Waals surface area contributed by atoms with E-state index in [0.717, 1.165) is 24.0 Å². The first kappa shape index (κ1) is 18.3. The van der Waals surface area contributed by atoms with E-state index in [9.17, 15) is 23.1 Å². The van der Waals surface area contributed by atoms with E-state index < -0.39 is 21.4 Å². The van der Waals surface area contributed by atoms with Crippen molar-refractivity contribution in [1.82, 2.24) is 9.62 Å². The van der Waals surface area contributed by atoms with Gasteiger partial charge in [-0.3, -0.25) is 9.59 Å². The molecule has 3 rings (SSSR count). The van der Waals surface area contributed by atoms with Crippen molar-refractivity contribution < 1.29 is 23.1 Å². The lowest BCUT2D eigenvalue weighted by Crippen LogP contribution is -2.37. The molecule has 0 aromatic carbocycles. The SMILES string of the molecule is CS(=O)(=O)NCCc1ccc(C(=O)N2C[C@@H]3CCC[C@@]3(C(=O)O)C2)s1. The number of carbonyl (C=O) groups is 2. The number of carboxylic acids is 1. The molecule has 0 bridgehead atoms. The first-order valence-electron chi connectivity index (χ1n) is 8.27. The summed E-state index contributed by atoms with van der Waals surface area (Å²) in [5.41, 5.74) is -0.769. The number of thiophene rings is 1. The molecule has 138 valence electrons. The number of fused-ring (bicyclic) bond motifs is 1. The highest BCUT2D eigenvalue weighted by atomic mass is 32.2. The predicted molar refractivity (Wildman–Crippen MR) is 94.2 cm³/mol. The molecule has 2 aliphatic rings. The van der Waals surface area contributed by atoms with Gasteiger partial charge in [0.1, 0.15) is 0 Å². The summed E-state index contributed by atoms with van der Waals surface area (Å²) in [7, 11) is -3.22. The van der Waals surface area contributed by atoms with Crippen molar-refractivity contribution in [2.24, 2.45) is 11.3 Å². The Labute approximate surface area is 151 Å². The molecule has 1 aliphatic heterocycles. The van der Waals surface area contributed by atoms with E-state index in [1.807, 2.05) is 6.07 Å². The maximum atomic E-state index is 12.7. The molecular formula is C16H22N2O5S2. The summed E-state index contributed by atoms with van der Waals surface area (Å²) in [5.74, 6) is -0.862. The van der Waals surface area contributed by atoms with Crippen LogP contribution < -0.4 is 4.72 Å². The van der Waals surface area contributed by atoms with Crippen LogP contribution in [-0.4, -0.2) is 56.2 Å². The number of rotatable bonds is 6. The minimum Gasteiger partial charge on any atom is -0.481 e. The van der Waals surface area contributed by atoms with Crippen LogP contribution in [-0.2, 0) is 21.2 Å². The first-order valence-corrected chi connectivity index (χ1v) is 11.0. The smallest absolute Gasteiger partial charge is 0.311 e. The molecular weight excluding hydrogens is 364 g/mol. The molecule has 25 heavy (non-hydrogen) atoms. The van der Waals surface area contributed by atoms with Gasteiger partial charge in [-0.05, 0) is 37.3 Å². The molecule has 1 aromatic rings. The van der Waals surface area contributed by atoms with Gasteiger partial charge in [-0.2, -0.15) is 0 Å². The summed E-state index contributed by atoms with van der Waals surface area (Å²) in [6.07, 6.45) is 4.05. The van der Waals surface area contributed by atoms with Gasteiger partial charge in [-0.1, -0.05) is 6.42 Å². The van der Waals surface area contributed by atoms with Crippen LogP contribution in [0.2, 0.25) is 0 Å². The summed E-state index contributed by atoms with van der Waals surface area (Å²) in [6, 6.07) is 3.57. The Balaban J connectivity index is 1.64. The minimum absolute atomic E-state index is 0.0485. The third-order valence-corrected chi connectivity index (χ3v) is 7.05. The summed E-state index contributed by atoms with van der Waals surface area (Å²) in [5, 5.41) is 9.62. The lowest BCUT2D eigenvalue weighted by molar-refractivity contribution is -0.149. The molecule has 0 radical (unpaired) electrons. The molecule has 1 aliphatic carbocycles. The average Bonchev–Trinajstić information content (AvgIpc) is 3.18. The molecule has 2 atom stereocenters. The van der Waals surface area contributed by atoms with Crippen molar-refractivity contribution in [3.05, 3.63) is 21.9 Å². The van der Waals surface area contributed by atoms with Gasteiger partial charge in [0.25, 0.3) is 5.91 Å². The fourth-order valence-corrected chi connectivity index (χ4v) is 5.38. The number of likely N-dealkylation sites (tertiary alicyclic amines) is 1. The first-order chi connectivity index (χ1) is 11.7. The van der Waals surface area contributed by atoms with Gasteiger partial charge < -0.3 is 10.0 Å². The van der Waals surface area contributed by atoms with E-state index in [0.29, 0.717) is 30.8 Å². The monoisotopic (exact) mass is 386 g/mol. The number of hydrogen-bond acceptors (Lipinski definition) is 5. The van der Waals surface area contributed by atoms with Crippen molar-refractivity contribution in [2.75, 3.05) is 25.9 Å². The van der Waals surface area contributed by atoms with Gasteiger partial charge in [-0.15, -0.1) is 11.3 Å². The second kappa shape index (κ2) is 6.69. The zero-order valence-electron chi connectivity index (χ0n) is 14.0. The van der Waals surface area contributed by atoms with E-state index in [4.69, 9.17) is 0 Å². The second-order valence-electron chi connectivity index (χ2n) is 6.92.